The van der Waals surface area contributed by atoms with Crippen LogP contribution >= 0.6 is 22.9 Å². The zero-order valence-electron chi connectivity index (χ0n) is 11.3. The van der Waals surface area contributed by atoms with E-state index in [1.807, 2.05) is 18.2 Å². The maximum Gasteiger partial charge on any atom is 0.0471 e. The lowest BCUT2D eigenvalue weighted by Crippen LogP contribution is -2.30. The van der Waals surface area contributed by atoms with E-state index < -0.39 is 0 Å². The molecule has 0 saturated carbocycles. The standard InChI is InChI=1S/C15H19ClN2S/c1-11(9-12-5-4-8-19-12)18(2)10-13-14(16)6-3-7-15(13)17/h3-8,11H,9-10,17H2,1-2H3. The van der Waals surface area contributed by atoms with Crippen molar-refractivity contribution in [1.29, 1.82) is 0 Å². The van der Waals surface area contributed by atoms with Gasteiger partial charge in [0.1, 0.15) is 0 Å². The summed E-state index contributed by atoms with van der Waals surface area (Å²) in [5, 5.41) is 2.86. The van der Waals surface area contributed by atoms with Gasteiger partial charge in [0.25, 0.3) is 0 Å². The molecule has 2 aromatic rings. The van der Waals surface area contributed by atoms with E-state index in [2.05, 4.69) is 36.4 Å². The van der Waals surface area contributed by atoms with E-state index in [9.17, 15) is 0 Å². The lowest BCUT2D eigenvalue weighted by Gasteiger charge is -2.25. The largest absolute Gasteiger partial charge is 0.398 e. The second kappa shape index (κ2) is 6.42. The minimum Gasteiger partial charge on any atom is -0.398 e. The smallest absolute Gasteiger partial charge is 0.0471 e. The van der Waals surface area contributed by atoms with E-state index in [0.717, 1.165) is 29.2 Å². The molecule has 0 bridgehead atoms. The SMILES string of the molecule is CC(Cc1cccs1)N(C)Cc1c(N)cccc1Cl. The topological polar surface area (TPSA) is 29.3 Å². The third-order valence-electron chi connectivity index (χ3n) is 3.39. The second-order valence-electron chi connectivity index (χ2n) is 4.86. The van der Waals surface area contributed by atoms with Gasteiger partial charge in [0.2, 0.25) is 0 Å². The number of halogens is 1. The number of hydrogen-bond acceptors (Lipinski definition) is 3. The average Bonchev–Trinajstić information content (AvgIpc) is 2.86. The van der Waals surface area contributed by atoms with Gasteiger partial charge in [0.15, 0.2) is 0 Å². The molecule has 0 aliphatic carbocycles. The highest BCUT2D eigenvalue weighted by molar-refractivity contribution is 7.09. The molecule has 1 unspecified atom stereocenters. The van der Waals surface area contributed by atoms with Gasteiger partial charge >= 0.3 is 0 Å². The molecule has 0 aliphatic rings. The van der Waals surface area contributed by atoms with E-state index in [-0.39, 0.29) is 0 Å². The van der Waals surface area contributed by atoms with Gasteiger partial charge < -0.3 is 5.73 Å². The summed E-state index contributed by atoms with van der Waals surface area (Å²) in [6.45, 7) is 3.00. The van der Waals surface area contributed by atoms with Crippen LogP contribution in [0, 0.1) is 0 Å². The van der Waals surface area contributed by atoms with Gasteiger partial charge in [-0.1, -0.05) is 23.7 Å². The number of anilines is 1. The Bertz CT molecular complexity index is 505. The van der Waals surface area contributed by atoms with Crippen molar-refractivity contribution >= 4 is 28.6 Å². The Hall–Kier alpha value is -1.03. The highest BCUT2D eigenvalue weighted by Crippen LogP contribution is 2.24. The quantitative estimate of drug-likeness (QED) is 0.843. The highest BCUT2D eigenvalue weighted by atomic mass is 35.5. The molecule has 1 atom stereocenters. The molecule has 2 rings (SSSR count). The molecule has 0 radical (unpaired) electrons. The highest BCUT2D eigenvalue weighted by Gasteiger charge is 2.14. The maximum absolute atomic E-state index is 6.22. The number of benzene rings is 1. The molecule has 0 fully saturated rings. The summed E-state index contributed by atoms with van der Waals surface area (Å²) >= 11 is 8.02. The Morgan fingerprint density at radius 3 is 2.74 bits per heavy atom. The zero-order chi connectivity index (χ0) is 13.8. The predicted molar refractivity (Wildman–Crippen MR) is 84.8 cm³/mol. The van der Waals surface area contributed by atoms with Crippen LogP contribution in [0.2, 0.25) is 5.02 Å². The van der Waals surface area contributed by atoms with Crippen LogP contribution in [0.25, 0.3) is 0 Å². The van der Waals surface area contributed by atoms with Gasteiger partial charge in [-0.3, -0.25) is 4.90 Å². The summed E-state index contributed by atoms with van der Waals surface area (Å²) in [4.78, 5) is 3.70. The van der Waals surface area contributed by atoms with Gasteiger partial charge in [-0.15, -0.1) is 11.3 Å². The van der Waals surface area contributed by atoms with Crippen molar-refractivity contribution in [3.05, 3.63) is 51.2 Å². The molecule has 19 heavy (non-hydrogen) atoms. The first kappa shape index (κ1) is 14.4. The Labute approximate surface area is 123 Å². The molecule has 102 valence electrons. The fraction of sp³-hybridized carbons (Fsp3) is 0.333. The predicted octanol–water partition coefficient (Wildman–Crippen LogP) is 4.05. The summed E-state index contributed by atoms with van der Waals surface area (Å²) in [6, 6.07) is 10.4. The Morgan fingerprint density at radius 1 is 1.32 bits per heavy atom. The van der Waals surface area contributed by atoms with Gasteiger partial charge in [-0.05, 0) is 44.0 Å². The first-order valence-corrected chi connectivity index (χ1v) is 7.59. The van der Waals surface area contributed by atoms with Crippen LogP contribution in [0.1, 0.15) is 17.4 Å². The monoisotopic (exact) mass is 294 g/mol. The minimum atomic E-state index is 0.453. The number of likely N-dealkylation sites (N-methyl/N-ethyl adjacent to an activating group) is 1. The molecule has 0 saturated heterocycles. The third kappa shape index (κ3) is 3.72. The fourth-order valence-corrected chi connectivity index (χ4v) is 3.09. The second-order valence-corrected chi connectivity index (χ2v) is 6.29. The molecule has 0 aliphatic heterocycles. The maximum atomic E-state index is 6.22. The van der Waals surface area contributed by atoms with Crippen molar-refractivity contribution in [2.45, 2.75) is 25.9 Å². The number of hydrogen-bond donors (Lipinski definition) is 1. The molecule has 0 spiro atoms. The molecular formula is C15H19ClN2S. The molecular weight excluding hydrogens is 276 g/mol. The van der Waals surface area contributed by atoms with Gasteiger partial charge in [0.05, 0.1) is 0 Å². The molecule has 1 aromatic carbocycles. The normalized spacial score (nSPS) is 12.8. The first-order valence-electron chi connectivity index (χ1n) is 6.33. The van der Waals surface area contributed by atoms with E-state index in [1.54, 1.807) is 11.3 Å². The first-order chi connectivity index (χ1) is 9.08. The Morgan fingerprint density at radius 2 is 2.11 bits per heavy atom. The molecule has 1 aromatic heterocycles. The molecule has 2 N–H and O–H groups in total. The number of nitrogens with two attached hydrogens (primary N) is 1. The summed E-state index contributed by atoms with van der Waals surface area (Å²) in [6.07, 6.45) is 1.05. The van der Waals surface area contributed by atoms with Crippen molar-refractivity contribution in [3.63, 3.8) is 0 Å². The third-order valence-corrected chi connectivity index (χ3v) is 4.64. The van der Waals surface area contributed by atoms with Crippen LogP contribution in [-0.2, 0) is 13.0 Å². The van der Waals surface area contributed by atoms with E-state index in [4.69, 9.17) is 17.3 Å². The van der Waals surface area contributed by atoms with E-state index in [0.29, 0.717) is 6.04 Å². The fourth-order valence-electron chi connectivity index (χ4n) is 2.02. The molecule has 4 heteroatoms. The van der Waals surface area contributed by atoms with Crippen LogP contribution < -0.4 is 5.73 Å². The Balaban J connectivity index is 2.02. The van der Waals surface area contributed by atoms with Crippen LogP contribution in [0.3, 0.4) is 0 Å². The number of thiophene rings is 1. The van der Waals surface area contributed by atoms with Crippen molar-refractivity contribution in [1.82, 2.24) is 4.90 Å². The average molecular weight is 295 g/mol. The van der Waals surface area contributed by atoms with E-state index >= 15 is 0 Å². The molecule has 2 nitrogen and oxygen atoms in total. The van der Waals surface area contributed by atoms with Gasteiger partial charge in [0, 0.05) is 33.7 Å². The number of rotatable bonds is 5. The van der Waals surface area contributed by atoms with Crippen molar-refractivity contribution in [2.24, 2.45) is 0 Å². The van der Waals surface area contributed by atoms with Crippen LogP contribution in [0.4, 0.5) is 5.69 Å². The van der Waals surface area contributed by atoms with Gasteiger partial charge in [-0.25, -0.2) is 0 Å². The van der Waals surface area contributed by atoms with Crippen LogP contribution in [0.15, 0.2) is 35.7 Å². The van der Waals surface area contributed by atoms with Gasteiger partial charge in [-0.2, -0.15) is 0 Å². The van der Waals surface area contributed by atoms with Crippen molar-refractivity contribution in [2.75, 3.05) is 12.8 Å². The summed E-state index contributed by atoms with van der Waals surface area (Å²) in [7, 11) is 2.11. The van der Waals surface area contributed by atoms with Crippen LogP contribution in [-0.4, -0.2) is 18.0 Å². The van der Waals surface area contributed by atoms with Crippen molar-refractivity contribution < 1.29 is 0 Å². The molecule has 1 heterocycles. The van der Waals surface area contributed by atoms with Crippen molar-refractivity contribution in [3.8, 4) is 0 Å². The number of nitrogen functional groups attached to an aromatic ring is 1. The van der Waals surface area contributed by atoms with Crippen LogP contribution in [0.5, 0.6) is 0 Å². The van der Waals surface area contributed by atoms with E-state index in [1.165, 1.54) is 4.88 Å². The summed E-state index contributed by atoms with van der Waals surface area (Å²) in [5.41, 5.74) is 7.78. The lowest BCUT2D eigenvalue weighted by atomic mass is 10.1. The Kier molecular flexibility index (Phi) is 4.86. The number of nitrogens with zero attached hydrogens (tertiary/aromatic N) is 1. The summed E-state index contributed by atoms with van der Waals surface area (Å²) in [5.74, 6) is 0. The zero-order valence-corrected chi connectivity index (χ0v) is 12.8. The minimum absolute atomic E-state index is 0.453. The molecule has 0 amide bonds. The lowest BCUT2D eigenvalue weighted by molar-refractivity contribution is 0.249. The summed E-state index contributed by atoms with van der Waals surface area (Å²) < 4.78 is 0.